The zero-order chi connectivity index (χ0) is 15.4. The largest absolute Gasteiger partial charge is 0.493 e. The van der Waals surface area contributed by atoms with Gasteiger partial charge in [0.1, 0.15) is 5.75 Å². The molecule has 4 nitrogen and oxygen atoms in total. The van der Waals surface area contributed by atoms with Crippen molar-refractivity contribution in [2.45, 2.75) is 51.6 Å². The van der Waals surface area contributed by atoms with Gasteiger partial charge in [-0.3, -0.25) is 4.99 Å². The normalized spacial score (nSPS) is 25.7. The van der Waals surface area contributed by atoms with Crippen molar-refractivity contribution in [3.8, 4) is 5.75 Å². The molecule has 1 aliphatic heterocycles. The molecule has 1 aliphatic carbocycles. The van der Waals surface area contributed by atoms with Crippen molar-refractivity contribution in [2.75, 3.05) is 13.2 Å². The van der Waals surface area contributed by atoms with E-state index in [4.69, 9.17) is 4.74 Å². The Morgan fingerprint density at radius 1 is 1.26 bits per heavy atom. The fraction of sp³-hybridized carbons (Fsp3) is 0.611. The van der Waals surface area contributed by atoms with E-state index in [1.807, 2.05) is 12.1 Å². The number of benzene rings is 1. The van der Waals surface area contributed by atoms with Crippen LogP contribution in [0.15, 0.2) is 29.3 Å². The zero-order valence-electron chi connectivity index (χ0n) is 14.0. The van der Waals surface area contributed by atoms with Gasteiger partial charge in [-0.25, -0.2) is 0 Å². The highest BCUT2D eigenvalue weighted by Crippen LogP contribution is 2.35. The summed E-state index contributed by atoms with van der Waals surface area (Å²) < 4.78 is 5.74. The summed E-state index contributed by atoms with van der Waals surface area (Å²) in [5.74, 6) is 2.78. The monoisotopic (exact) mass is 429 g/mol. The van der Waals surface area contributed by atoms with Crippen molar-refractivity contribution >= 4 is 29.9 Å². The van der Waals surface area contributed by atoms with E-state index < -0.39 is 0 Å². The number of nitrogens with zero attached hydrogens (tertiary/aromatic N) is 1. The van der Waals surface area contributed by atoms with Crippen LogP contribution in [0, 0.1) is 5.92 Å². The van der Waals surface area contributed by atoms with Gasteiger partial charge in [0.25, 0.3) is 0 Å². The van der Waals surface area contributed by atoms with Gasteiger partial charge in [-0.1, -0.05) is 31.5 Å². The number of hydrogen-bond acceptors (Lipinski definition) is 2. The lowest BCUT2D eigenvalue weighted by molar-refractivity contribution is 0.261. The van der Waals surface area contributed by atoms with Gasteiger partial charge in [-0.05, 0) is 31.7 Å². The molecular weight excluding hydrogens is 401 g/mol. The number of para-hydroxylation sites is 1. The van der Waals surface area contributed by atoms with E-state index in [9.17, 15) is 0 Å². The molecule has 5 heteroatoms. The minimum atomic E-state index is 0. The van der Waals surface area contributed by atoms with Crippen LogP contribution in [0.5, 0.6) is 5.75 Å². The minimum absolute atomic E-state index is 0. The number of ether oxygens (including phenoxy) is 1. The summed E-state index contributed by atoms with van der Waals surface area (Å²) in [6.07, 6.45) is 4.84. The lowest BCUT2D eigenvalue weighted by atomic mass is 10.0. The molecule has 1 aromatic rings. The molecule has 3 atom stereocenters. The third kappa shape index (κ3) is 4.75. The van der Waals surface area contributed by atoms with Crippen LogP contribution >= 0.6 is 24.0 Å². The third-order valence-electron chi connectivity index (χ3n) is 4.49. The van der Waals surface area contributed by atoms with Crippen molar-refractivity contribution in [3.63, 3.8) is 0 Å². The maximum Gasteiger partial charge on any atom is 0.191 e. The predicted octanol–water partition coefficient (Wildman–Crippen LogP) is 3.87. The average Bonchev–Trinajstić information content (AvgIpc) is 3.26. The van der Waals surface area contributed by atoms with Gasteiger partial charge in [0.2, 0.25) is 0 Å². The van der Waals surface area contributed by atoms with Crippen molar-refractivity contribution in [1.29, 1.82) is 0 Å². The van der Waals surface area contributed by atoms with E-state index in [2.05, 4.69) is 41.6 Å². The molecule has 1 fully saturated rings. The summed E-state index contributed by atoms with van der Waals surface area (Å²) in [6, 6.07) is 9.18. The average molecular weight is 429 g/mol. The third-order valence-corrected chi connectivity index (χ3v) is 4.49. The Morgan fingerprint density at radius 3 is 2.87 bits per heavy atom. The smallest absolute Gasteiger partial charge is 0.191 e. The van der Waals surface area contributed by atoms with E-state index in [-0.39, 0.29) is 30.0 Å². The maximum atomic E-state index is 5.74. The van der Waals surface area contributed by atoms with Crippen LogP contribution in [0.4, 0.5) is 0 Å². The molecule has 3 rings (SSSR count). The summed E-state index contributed by atoms with van der Waals surface area (Å²) in [4.78, 5) is 4.62. The predicted molar refractivity (Wildman–Crippen MR) is 106 cm³/mol. The molecule has 1 aromatic carbocycles. The standard InChI is InChI=1S/C18H27N3O.HI/c1-3-7-13-12-16(13)21-18(19-4-2)20-15-10-11-22-17-9-6-5-8-14(15)17;/h5-6,8-9,13,15-16H,3-4,7,10-12H2,1-2H3,(H2,19,20,21);1H. The van der Waals surface area contributed by atoms with Crippen molar-refractivity contribution in [3.05, 3.63) is 29.8 Å². The Hall–Kier alpha value is -0.980. The summed E-state index contributed by atoms with van der Waals surface area (Å²) in [7, 11) is 0. The van der Waals surface area contributed by atoms with Gasteiger partial charge in [0.05, 0.1) is 12.6 Å². The van der Waals surface area contributed by atoms with E-state index in [0.717, 1.165) is 37.2 Å². The van der Waals surface area contributed by atoms with E-state index in [0.29, 0.717) is 6.04 Å². The molecule has 2 N–H and O–H groups in total. The van der Waals surface area contributed by atoms with E-state index in [1.165, 1.54) is 24.8 Å². The summed E-state index contributed by atoms with van der Waals surface area (Å²) in [6.45, 7) is 5.90. The molecule has 0 radical (unpaired) electrons. The van der Waals surface area contributed by atoms with Crippen LogP contribution in [0.1, 0.15) is 51.1 Å². The lowest BCUT2D eigenvalue weighted by Crippen LogP contribution is -2.42. The van der Waals surface area contributed by atoms with Crippen LogP contribution in [0.2, 0.25) is 0 Å². The first kappa shape index (κ1) is 18.4. The molecule has 128 valence electrons. The molecule has 3 unspecified atom stereocenters. The Kier molecular flexibility index (Phi) is 6.99. The second-order valence-electron chi connectivity index (χ2n) is 6.23. The molecular formula is C18H28IN3O. The highest BCUT2D eigenvalue weighted by Gasteiger charge is 2.37. The van der Waals surface area contributed by atoms with Gasteiger partial charge in [0, 0.05) is 24.6 Å². The molecule has 23 heavy (non-hydrogen) atoms. The number of guanidine groups is 1. The van der Waals surface area contributed by atoms with E-state index >= 15 is 0 Å². The van der Waals surface area contributed by atoms with Crippen molar-refractivity contribution in [2.24, 2.45) is 10.9 Å². The summed E-state index contributed by atoms with van der Waals surface area (Å²) >= 11 is 0. The quantitative estimate of drug-likeness (QED) is 0.425. The molecule has 1 saturated carbocycles. The van der Waals surface area contributed by atoms with Crippen LogP contribution in [-0.4, -0.2) is 25.2 Å². The Balaban J connectivity index is 0.00000192. The molecule has 0 bridgehead atoms. The number of fused-ring (bicyclic) bond motifs is 1. The highest BCUT2D eigenvalue weighted by atomic mass is 127. The number of halogens is 1. The molecule has 0 saturated heterocycles. The molecule has 0 amide bonds. The molecule has 1 heterocycles. The summed E-state index contributed by atoms with van der Waals surface area (Å²) in [5, 5.41) is 7.21. The molecule has 0 aromatic heterocycles. The highest BCUT2D eigenvalue weighted by molar-refractivity contribution is 14.0. The maximum absolute atomic E-state index is 5.74. The lowest BCUT2D eigenvalue weighted by Gasteiger charge is -2.28. The zero-order valence-corrected chi connectivity index (χ0v) is 16.4. The van der Waals surface area contributed by atoms with Crippen LogP contribution in [0.25, 0.3) is 0 Å². The number of hydrogen-bond donors (Lipinski definition) is 2. The minimum Gasteiger partial charge on any atom is -0.493 e. The van der Waals surface area contributed by atoms with Gasteiger partial charge >= 0.3 is 0 Å². The van der Waals surface area contributed by atoms with Gasteiger partial charge in [0.15, 0.2) is 5.96 Å². The topological polar surface area (TPSA) is 45.7 Å². The van der Waals surface area contributed by atoms with Gasteiger partial charge in [-0.15, -0.1) is 24.0 Å². The fourth-order valence-electron chi connectivity index (χ4n) is 3.24. The number of aliphatic imine (C=N–C) groups is 1. The van der Waals surface area contributed by atoms with Crippen LogP contribution in [-0.2, 0) is 0 Å². The Bertz CT molecular complexity index is 535. The van der Waals surface area contributed by atoms with Gasteiger partial charge in [-0.2, -0.15) is 0 Å². The second-order valence-corrected chi connectivity index (χ2v) is 6.23. The van der Waals surface area contributed by atoms with Crippen molar-refractivity contribution < 1.29 is 4.74 Å². The number of nitrogens with one attached hydrogen (secondary N) is 2. The van der Waals surface area contributed by atoms with Crippen molar-refractivity contribution in [1.82, 2.24) is 10.6 Å². The number of rotatable bonds is 5. The summed E-state index contributed by atoms with van der Waals surface area (Å²) in [5.41, 5.74) is 1.24. The first-order chi connectivity index (χ1) is 10.8. The first-order valence-electron chi connectivity index (χ1n) is 8.61. The van der Waals surface area contributed by atoms with Gasteiger partial charge < -0.3 is 15.4 Å². The van der Waals surface area contributed by atoms with Crippen LogP contribution in [0.3, 0.4) is 0 Å². The Labute approximate surface area is 156 Å². The fourth-order valence-corrected chi connectivity index (χ4v) is 3.24. The molecule has 2 aliphatic rings. The van der Waals surface area contributed by atoms with E-state index in [1.54, 1.807) is 0 Å². The van der Waals surface area contributed by atoms with Crippen LogP contribution < -0.4 is 15.4 Å². The molecule has 0 spiro atoms. The second kappa shape index (κ2) is 8.76. The Morgan fingerprint density at radius 2 is 2.09 bits per heavy atom. The first-order valence-corrected chi connectivity index (χ1v) is 8.61. The SMILES string of the molecule is CCCC1CC1NC(=NCC)NC1CCOc2ccccc21.I.